The maximum Gasteiger partial charge on any atom is 0.105 e. The molecule has 0 radical (unpaired) electrons. The molecule has 0 aliphatic heterocycles. The van der Waals surface area contributed by atoms with Gasteiger partial charge in [-0.05, 0) is 19.8 Å². The summed E-state index contributed by atoms with van der Waals surface area (Å²) in [6.45, 7) is 2.07. The van der Waals surface area contributed by atoms with Gasteiger partial charge in [-0.1, -0.05) is 12.8 Å². The summed E-state index contributed by atoms with van der Waals surface area (Å²) in [6.07, 6.45) is 7.65. The smallest absolute Gasteiger partial charge is 0.105 e. The van der Waals surface area contributed by atoms with Crippen LogP contribution in [-0.2, 0) is 7.05 Å². The van der Waals surface area contributed by atoms with Gasteiger partial charge in [0.15, 0.2) is 0 Å². The third kappa shape index (κ3) is 1.26. The summed E-state index contributed by atoms with van der Waals surface area (Å²) < 4.78 is 2.12. The molecule has 1 fully saturated rings. The van der Waals surface area contributed by atoms with Crippen molar-refractivity contribution >= 4 is 0 Å². The van der Waals surface area contributed by atoms with Crippen molar-refractivity contribution in [1.82, 2.24) is 9.55 Å². The van der Waals surface area contributed by atoms with E-state index in [9.17, 15) is 0 Å². The fourth-order valence-electron chi connectivity index (χ4n) is 2.00. The zero-order valence-electron chi connectivity index (χ0n) is 7.88. The number of rotatable bonds is 1. The Hall–Kier alpha value is -0.790. The van der Waals surface area contributed by atoms with Crippen LogP contribution >= 0.6 is 0 Å². The maximum atomic E-state index is 4.56. The monoisotopic (exact) mass is 164 g/mol. The highest BCUT2D eigenvalue weighted by Crippen LogP contribution is 2.33. The van der Waals surface area contributed by atoms with E-state index in [-0.39, 0.29) is 0 Å². The predicted octanol–water partition coefficient (Wildman–Crippen LogP) is 2.39. The Morgan fingerprint density at radius 3 is 2.58 bits per heavy atom. The molecule has 0 atom stereocenters. The van der Waals surface area contributed by atoms with Gasteiger partial charge < -0.3 is 4.57 Å². The van der Waals surface area contributed by atoms with Gasteiger partial charge in [-0.2, -0.15) is 0 Å². The minimum atomic E-state index is 0.755. The molecule has 2 rings (SSSR count). The van der Waals surface area contributed by atoms with Crippen LogP contribution in [0.25, 0.3) is 0 Å². The van der Waals surface area contributed by atoms with Gasteiger partial charge in [0.25, 0.3) is 0 Å². The van der Waals surface area contributed by atoms with Gasteiger partial charge in [-0.3, -0.25) is 0 Å². The van der Waals surface area contributed by atoms with Crippen molar-refractivity contribution in [2.75, 3.05) is 0 Å². The molecule has 0 unspecified atom stereocenters. The van der Waals surface area contributed by atoms with Gasteiger partial charge in [0.05, 0.1) is 5.69 Å². The normalized spacial score (nSPS) is 18.8. The van der Waals surface area contributed by atoms with Crippen LogP contribution in [0.2, 0.25) is 0 Å². The molecule has 0 N–H and O–H groups in total. The van der Waals surface area contributed by atoms with Crippen LogP contribution < -0.4 is 0 Å². The van der Waals surface area contributed by atoms with Crippen LogP contribution in [0.4, 0.5) is 0 Å². The second-order valence-corrected chi connectivity index (χ2v) is 3.81. The standard InChI is InChI=1S/C10H16N2/c1-8-11-10(7-12(8)2)9-5-3-4-6-9/h7,9H,3-6H2,1-2H3. The van der Waals surface area contributed by atoms with Crippen LogP contribution in [0.5, 0.6) is 0 Å². The van der Waals surface area contributed by atoms with E-state index in [1.807, 2.05) is 0 Å². The van der Waals surface area contributed by atoms with E-state index >= 15 is 0 Å². The fourth-order valence-corrected chi connectivity index (χ4v) is 2.00. The lowest BCUT2D eigenvalue weighted by molar-refractivity contribution is 0.700. The van der Waals surface area contributed by atoms with Crippen LogP contribution in [0.3, 0.4) is 0 Å². The van der Waals surface area contributed by atoms with E-state index in [0.29, 0.717) is 0 Å². The Morgan fingerprint density at radius 2 is 2.08 bits per heavy atom. The van der Waals surface area contributed by atoms with Crippen LogP contribution in [0, 0.1) is 6.92 Å². The van der Waals surface area contributed by atoms with Crippen molar-refractivity contribution in [3.63, 3.8) is 0 Å². The number of imidazole rings is 1. The lowest BCUT2D eigenvalue weighted by Gasteiger charge is -2.02. The van der Waals surface area contributed by atoms with Gasteiger partial charge >= 0.3 is 0 Å². The molecular weight excluding hydrogens is 148 g/mol. The van der Waals surface area contributed by atoms with Crippen LogP contribution in [0.15, 0.2) is 6.20 Å². The zero-order valence-corrected chi connectivity index (χ0v) is 7.88. The Morgan fingerprint density at radius 1 is 1.42 bits per heavy atom. The molecule has 0 aromatic carbocycles. The van der Waals surface area contributed by atoms with Crippen molar-refractivity contribution in [2.24, 2.45) is 7.05 Å². The highest BCUT2D eigenvalue weighted by atomic mass is 15.0. The quantitative estimate of drug-likeness (QED) is 0.623. The zero-order chi connectivity index (χ0) is 8.55. The average molecular weight is 164 g/mol. The summed E-state index contributed by atoms with van der Waals surface area (Å²) in [7, 11) is 2.07. The molecule has 1 heterocycles. The van der Waals surface area contributed by atoms with E-state index < -0.39 is 0 Å². The average Bonchev–Trinajstić information content (AvgIpc) is 2.61. The molecule has 1 saturated carbocycles. The third-order valence-corrected chi connectivity index (χ3v) is 2.90. The molecule has 0 amide bonds. The summed E-state index contributed by atoms with van der Waals surface area (Å²) in [5, 5.41) is 0. The Kier molecular flexibility index (Phi) is 1.91. The number of hydrogen-bond donors (Lipinski definition) is 0. The Labute approximate surface area is 73.6 Å². The first-order valence-corrected chi connectivity index (χ1v) is 4.77. The van der Waals surface area contributed by atoms with E-state index in [1.165, 1.54) is 31.4 Å². The number of aryl methyl sites for hydroxylation is 2. The first-order valence-electron chi connectivity index (χ1n) is 4.77. The topological polar surface area (TPSA) is 17.8 Å². The molecule has 1 aliphatic rings. The van der Waals surface area contributed by atoms with E-state index in [2.05, 4.69) is 29.7 Å². The Balaban J connectivity index is 2.21. The molecule has 0 bridgehead atoms. The predicted molar refractivity (Wildman–Crippen MR) is 49.2 cm³/mol. The van der Waals surface area contributed by atoms with Crippen molar-refractivity contribution in [3.05, 3.63) is 17.7 Å². The van der Waals surface area contributed by atoms with E-state index in [4.69, 9.17) is 0 Å². The minimum absolute atomic E-state index is 0.755. The van der Waals surface area contributed by atoms with Gasteiger partial charge in [-0.25, -0.2) is 4.98 Å². The second kappa shape index (κ2) is 2.92. The highest BCUT2D eigenvalue weighted by molar-refractivity contribution is 5.09. The third-order valence-electron chi connectivity index (χ3n) is 2.90. The Bertz CT molecular complexity index is 250. The van der Waals surface area contributed by atoms with Gasteiger partial charge in [-0.15, -0.1) is 0 Å². The van der Waals surface area contributed by atoms with Crippen molar-refractivity contribution < 1.29 is 0 Å². The second-order valence-electron chi connectivity index (χ2n) is 3.81. The van der Waals surface area contributed by atoms with Gasteiger partial charge in [0.1, 0.15) is 5.82 Å². The van der Waals surface area contributed by atoms with Crippen LogP contribution in [-0.4, -0.2) is 9.55 Å². The molecule has 2 nitrogen and oxygen atoms in total. The molecule has 0 saturated heterocycles. The molecule has 1 aromatic rings. The number of aromatic nitrogens is 2. The van der Waals surface area contributed by atoms with Gasteiger partial charge in [0.2, 0.25) is 0 Å². The minimum Gasteiger partial charge on any atom is -0.338 e. The first kappa shape index (κ1) is 7.84. The summed E-state index contributed by atoms with van der Waals surface area (Å²) >= 11 is 0. The highest BCUT2D eigenvalue weighted by Gasteiger charge is 2.19. The van der Waals surface area contributed by atoms with Crippen molar-refractivity contribution in [3.8, 4) is 0 Å². The summed E-state index contributed by atoms with van der Waals surface area (Å²) in [5.41, 5.74) is 1.31. The summed E-state index contributed by atoms with van der Waals surface area (Å²) in [4.78, 5) is 4.56. The molecule has 1 aromatic heterocycles. The molecule has 2 heteroatoms. The largest absolute Gasteiger partial charge is 0.338 e. The SMILES string of the molecule is Cc1nc(C2CCCC2)cn1C. The van der Waals surface area contributed by atoms with Crippen molar-refractivity contribution in [1.29, 1.82) is 0 Å². The molecule has 1 aliphatic carbocycles. The molecule has 12 heavy (non-hydrogen) atoms. The summed E-state index contributed by atoms with van der Waals surface area (Å²) in [5.74, 6) is 1.89. The lowest BCUT2D eigenvalue weighted by Crippen LogP contribution is -1.91. The molecular formula is C10H16N2. The van der Waals surface area contributed by atoms with Gasteiger partial charge in [0, 0.05) is 19.2 Å². The molecule has 66 valence electrons. The lowest BCUT2D eigenvalue weighted by atomic mass is 10.1. The number of nitrogens with zero attached hydrogens (tertiary/aromatic N) is 2. The number of hydrogen-bond acceptors (Lipinski definition) is 1. The van der Waals surface area contributed by atoms with E-state index in [1.54, 1.807) is 0 Å². The first-order chi connectivity index (χ1) is 5.77. The fraction of sp³-hybridized carbons (Fsp3) is 0.700. The van der Waals surface area contributed by atoms with Crippen LogP contribution in [0.1, 0.15) is 43.1 Å². The van der Waals surface area contributed by atoms with Crippen molar-refractivity contribution in [2.45, 2.75) is 38.5 Å². The molecule has 0 spiro atoms. The van der Waals surface area contributed by atoms with E-state index in [0.717, 1.165) is 11.7 Å². The maximum absolute atomic E-state index is 4.56. The summed E-state index contributed by atoms with van der Waals surface area (Å²) in [6, 6.07) is 0.